The summed E-state index contributed by atoms with van der Waals surface area (Å²) in [5, 5.41) is 26.5. The molecule has 120 valence electrons. The minimum Gasteiger partial charge on any atom is -0.479 e. The van der Waals surface area contributed by atoms with Crippen molar-refractivity contribution < 1.29 is 48.7 Å². The number of carbonyl (C=O) groups excluding carboxylic acids is 2. The zero-order valence-corrected chi connectivity index (χ0v) is 11.3. The lowest BCUT2D eigenvalue weighted by molar-refractivity contribution is -0.178. The second-order valence-corrected chi connectivity index (χ2v) is 3.91. The average molecular weight is 308 g/mol. The van der Waals surface area contributed by atoms with Gasteiger partial charge in [0.25, 0.3) is 0 Å². The highest BCUT2D eigenvalue weighted by Gasteiger charge is 2.34. The Morgan fingerprint density at radius 3 is 1.90 bits per heavy atom. The van der Waals surface area contributed by atoms with Gasteiger partial charge in [0.2, 0.25) is 0 Å². The normalized spacial score (nSPS) is 14.6. The average Bonchev–Trinajstić information content (AvgIpc) is 2.34. The summed E-state index contributed by atoms with van der Waals surface area (Å²) in [6.45, 7) is 1.21. The van der Waals surface area contributed by atoms with Crippen LogP contribution >= 0.6 is 0 Å². The largest absolute Gasteiger partial charge is 0.479 e. The lowest BCUT2D eigenvalue weighted by Crippen LogP contribution is -2.43. The number of aliphatic carboxylic acids is 2. The molecule has 3 atom stereocenters. The lowest BCUT2D eigenvalue weighted by atomic mass is 10.2. The van der Waals surface area contributed by atoms with Gasteiger partial charge in [-0.25, -0.2) is 9.59 Å². The number of hydrogen-bond acceptors (Lipinski definition) is 8. The number of hydrogen-bond donors (Lipinski definition) is 3. The fourth-order valence-electron chi connectivity index (χ4n) is 1.20. The number of esters is 2. The van der Waals surface area contributed by atoms with Gasteiger partial charge in [0.05, 0.1) is 6.61 Å². The molecule has 0 aromatic rings. The summed E-state index contributed by atoms with van der Waals surface area (Å²) >= 11 is 0. The fraction of sp³-hybridized carbons (Fsp3) is 0.636. The van der Waals surface area contributed by atoms with Crippen LogP contribution < -0.4 is 0 Å². The summed E-state index contributed by atoms with van der Waals surface area (Å²) in [5.41, 5.74) is 0. The smallest absolute Gasteiger partial charge is 0.336 e. The maximum Gasteiger partial charge on any atom is 0.336 e. The lowest BCUT2D eigenvalue weighted by Gasteiger charge is -2.21. The molecule has 0 saturated carbocycles. The van der Waals surface area contributed by atoms with Crippen molar-refractivity contribution >= 4 is 23.9 Å². The van der Waals surface area contributed by atoms with Crippen molar-refractivity contribution in [3.8, 4) is 0 Å². The maximum absolute atomic E-state index is 10.8. The monoisotopic (exact) mass is 308 g/mol. The van der Waals surface area contributed by atoms with E-state index in [-0.39, 0.29) is 0 Å². The van der Waals surface area contributed by atoms with E-state index in [1.54, 1.807) is 0 Å². The highest BCUT2D eigenvalue weighted by Crippen LogP contribution is 2.05. The summed E-state index contributed by atoms with van der Waals surface area (Å²) < 4.78 is 14.0. The van der Waals surface area contributed by atoms with E-state index in [2.05, 4.69) is 4.74 Å². The second kappa shape index (κ2) is 8.87. The molecule has 0 amide bonds. The van der Waals surface area contributed by atoms with Gasteiger partial charge in [0, 0.05) is 13.8 Å². The van der Waals surface area contributed by atoms with Gasteiger partial charge in [0.15, 0.2) is 18.3 Å². The van der Waals surface area contributed by atoms with Crippen LogP contribution in [-0.2, 0) is 33.4 Å². The summed E-state index contributed by atoms with van der Waals surface area (Å²) in [6.07, 6.45) is -5.48. The molecule has 0 heterocycles. The third kappa shape index (κ3) is 7.84. The van der Waals surface area contributed by atoms with Crippen LogP contribution in [0.1, 0.15) is 13.8 Å². The van der Waals surface area contributed by atoms with E-state index in [1.807, 2.05) is 0 Å². The Kier molecular flexibility index (Phi) is 7.94. The minimum atomic E-state index is -2.30. The summed E-state index contributed by atoms with van der Waals surface area (Å²) in [5.74, 6) is -4.89. The Morgan fingerprint density at radius 2 is 1.52 bits per heavy atom. The highest BCUT2D eigenvalue weighted by molar-refractivity contribution is 5.83. The van der Waals surface area contributed by atoms with E-state index in [4.69, 9.17) is 19.7 Å². The quantitative estimate of drug-likeness (QED) is 0.423. The van der Waals surface area contributed by atoms with E-state index < -0.39 is 55.4 Å². The Morgan fingerprint density at radius 1 is 0.952 bits per heavy atom. The SMILES string of the molecule is CC(=O)OCC(COC(C(=O)O)C(O)C(=O)O)OC(C)=O. The third-order valence-electron chi connectivity index (χ3n) is 2.05. The van der Waals surface area contributed by atoms with Crippen molar-refractivity contribution in [2.75, 3.05) is 13.2 Å². The number of rotatable bonds is 9. The van der Waals surface area contributed by atoms with Crippen molar-refractivity contribution in [3.63, 3.8) is 0 Å². The van der Waals surface area contributed by atoms with Crippen LogP contribution in [0.2, 0.25) is 0 Å². The number of aliphatic hydroxyl groups excluding tert-OH is 1. The van der Waals surface area contributed by atoms with Gasteiger partial charge in [0.1, 0.15) is 6.61 Å². The second-order valence-electron chi connectivity index (χ2n) is 3.91. The van der Waals surface area contributed by atoms with E-state index in [9.17, 15) is 24.3 Å². The summed E-state index contributed by atoms with van der Waals surface area (Å²) in [7, 11) is 0. The first-order valence-electron chi connectivity index (χ1n) is 5.71. The Balaban J connectivity index is 4.66. The van der Waals surface area contributed by atoms with E-state index in [0.717, 1.165) is 13.8 Å². The van der Waals surface area contributed by atoms with Crippen molar-refractivity contribution in [2.45, 2.75) is 32.2 Å². The topological polar surface area (TPSA) is 157 Å². The zero-order valence-electron chi connectivity index (χ0n) is 11.3. The third-order valence-corrected chi connectivity index (χ3v) is 2.05. The predicted octanol–water partition coefficient (Wildman–Crippen LogP) is -1.60. The molecule has 0 aromatic carbocycles. The van der Waals surface area contributed by atoms with Gasteiger partial charge in [-0.15, -0.1) is 0 Å². The van der Waals surface area contributed by atoms with Gasteiger partial charge in [-0.2, -0.15) is 0 Å². The van der Waals surface area contributed by atoms with Crippen LogP contribution in [0.25, 0.3) is 0 Å². The standard InChI is InChI=1S/C11H16O10/c1-5(12)19-3-7(21-6(2)13)4-20-9(11(17)18)8(14)10(15)16/h7-9,14H,3-4H2,1-2H3,(H,15,16)(H,17,18). The molecule has 3 unspecified atom stereocenters. The van der Waals surface area contributed by atoms with Gasteiger partial charge in [-0.05, 0) is 0 Å². The number of aliphatic hydroxyl groups is 1. The van der Waals surface area contributed by atoms with Crippen molar-refractivity contribution in [3.05, 3.63) is 0 Å². The molecule has 0 rings (SSSR count). The molecular weight excluding hydrogens is 292 g/mol. The van der Waals surface area contributed by atoms with Crippen molar-refractivity contribution in [1.82, 2.24) is 0 Å². The highest BCUT2D eigenvalue weighted by atomic mass is 16.6. The molecule has 0 aliphatic rings. The molecule has 10 nitrogen and oxygen atoms in total. The maximum atomic E-state index is 10.8. The van der Waals surface area contributed by atoms with Crippen LogP contribution in [0.3, 0.4) is 0 Å². The van der Waals surface area contributed by atoms with Gasteiger partial charge < -0.3 is 29.5 Å². The Bertz CT molecular complexity index is 404. The van der Waals surface area contributed by atoms with Crippen LogP contribution in [0.15, 0.2) is 0 Å². The first-order valence-corrected chi connectivity index (χ1v) is 5.71. The Labute approximate surface area is 119 Å². The van der Waals surface area contributed by atoms with Gasteiger partial charge in [-0.1, -0.05) is 0 Å². The first-order chi connectivity index (χ1) is 9.65. The van der Waals surface area contributed by atoms with Crippen LogP contribution in [-0.4, -0.2) is 70.7 Å². The van der Waals surface area contributed by atoms with Crippen LogP contribution in [0.5, 0.6) is 0 Å². The molecule has 0 aromatic heterocycles. The van der Waals surface area contributed by atoms with Crippen molar-refractivity contribution in [1.29, 1.82) is 0 Å². The van der Waals surface area contributed by atoms with Crippen molar-refractivity contribution in [2.24, 2.45) is 0 Å². The number of carbonyl (C=O) groups is 4. The molecule has 10 heteroatoms. The molecule has 21 heavy (non-hydrogen) atoms. The fourth-order valence-corrected chi connectivity index (χ4v) is 1.20. The molecule has 0 saturated heterocycles. The molecular formula is C11H16O10. The number of carboxylic acid groups (broad SMARTS) is 2. The molecule has 0 spiro atoms. The molecule has 3 N–H and O–H groups in total. The zero-order chi connectivity index (χ0) is 16.6. The Hall–Kier alpha value is -2.20. The van der Waals surface area contributed by atoms with E-state index in [1.165, 1.54) is 0 Å². The number of carboxylic acids is 2. The number of ether oxygens (including phenoxy) is 3. The van der Waals surface area contributed by atoms with Gasteiger partial charge in [-0.3, -0.25) is 9.59 Å². The first kappa shape index (κ1) is 18.8. The van der Waals surface area contributed by atoms with Crippen LogP contribution in [0.4, 0.5) is 0 Å². The molecule has 0 aliphatic heterocycles. The molecule has 0 aliphatic carbocycles. The summed E-state index contributed by atoms with van der Waals surface area (Å²) in [4.78, 5) is 42.8. The van der Waals surface area contributed by atoms with E-state index in [0.29, 0.717) is 0 Å². The predicted molar refractivity (Wildman–Crippen MR) is 63.2 cm³/mol. The molecule has 0 fully saturated rings. The van der Waals surface area contributed by atoms with E-state index >= 15 is 0 Å². The molecule has 0 bridgehead atoms. The van der Waals surface area contributed by atoms with Crippen LogP contribution in [0, 0.1) is 0 Å². The molecule has 0 radical (unpaired) electrons. The minimum absolute atomic E-state index is 0.398. The van der Waals surface area contributed by atoms with Gasteiger partial charge >= 0.3 is 23.9 Å². The summed E-state index contributed by atoms with van der Waals surface area (Å²) in [6, 6.07) is 0.